The van der Waals surface area contributed by atoms with Crippen LogP contribution in [0.4, 0.5) is 0 Å². The Labute approximate surface area is 87.7 Å². The predicted molar refractivity (Wildman–Crippen MR) is 56.2 cm³/mol. The number of ketones is 1. The highest BCUT2D eigenvalue weighted by atomic mass is 79.9. The molecule has 2 heterocycles. The third kappa shape index (κ3) is 1.59. The van der Waals surface area contributed by atoms with Crippen LogP contribution in [0.2, 0.25) is 0 Å². The van der Waals surface area contributed by atoms with E-state index < -0.39 is 0 Å². The summed E-state index contributed by atoms with van der Waals surface area (Å²) in [4.78, 5) is 15.4. The van der Waals surface area contributed by atoms with Crippen LogP contribution in [0.3, 0.4) is 0 Å². The fraction of sp³-hybridized carbons (Fsp3) is 0. The Balaban J connectivity index is 2.39. The second-order valence-electron chi connectivity index (χ2n) is 2.51. The Kier molecular flexibility index (Phi) is 2.33. The highest BCUT2D eigenvalue weighted by molar-refractivity contribution is 9.10. The molecule has 1 N–H and O–H groups in total. The fourth-order valence-electron chi connectivity index (χ4n) is 1.05. The summed E-state index contributed by atoms with van der Waals surface area (Å²) in [6.07, 6.45) is 1.74. The number of hydrogen-bond acceptors (Lipinski definition) is 2. The van der Waals surface area contributed by atoms with Gasteiger partial charge < -0.3 is 4.98 Å². The Hall–Kier alpha value is -0.870. The van der Waals surface area contributed by atoms with Gasteiger partial charge in [0.25, 0.3) is 0 Å². The molecule has 0 radical (unpaired) electrons. The molecule has 0 atom stereocenters. The summed E-state index contributed by atoms with van der Waals surface area (Å²) >= 11 is 4.77. The summed E-state index contributed by atoms with van der Waals surface area (Å²) in [7, 11) is 0. The van der Waals surface area contributed by atoms with Gasteiger partial charge in [0.05, 0.1) is 10.6 Å². The minimum absolute atomic E-state index is 0.0341. The van der Waals surface area contributed by atoms with Crippen molar-refractivity contribution < 1.29 is 4.79 Å². The second kappa shape index (κ2) is 3.47. The average Bonchev–Trinajstić information content (AvgIpc) is 2.72. The first kappa shape index (κ1) is 8.72. The molecule has 0 bridgehead atoms. The number of hydrogen-bond donors (Lipinski definition) is 1. The van der Waals surface area contributed by atoms with Crippen molar-refractivity contribution in [1.82, 2.24) is 4.98 Å². The number of carbonyl (C=O) groups excluding carboxylic acids is 1. The number of H-pyrrole nitrogens is 1. The minimum Gasteiger partial charge on any atom is -0.358 e. The van der Waals surface area contributed by atoms with Gasteiger partial charge in [-0.2, -0.15) is 0 Å². The van der Waals surface area contributed by atoms with Gasteiger partial charge in [-0.1, -0.05) is 0 Å². The molecule has 2 aromatic rings. The molecule has 0 saturated heterocycles. The number of aromatic amines is 1. The van der Waals surface area contributed by atoms with Crippen molar-refractivity contribution in [1.29, 1.82) is 0 Å². The topological polar surface area (TPSA) is 32.9 Å². The molecule has 0 aliphatic heterocycles. The first-order valence-electron chi connectivity index (χ1n) is 3.70. The number of aromatic nitrogens is 1. The number of thiophene rings is 1. The van der Waals surface area contributed by atoms with Gasteiger partial charge >= 0.3 is 0 Å². The van der Waals surface area contributed by atoms with E-state index in [0.717, 1.165) is 9.35 Å². The van der Waals surface area contributed by atoms with E-state index in [4.69, 9.17) is 0 Å². The number of halogens is 1. The van der Waals surface area contributed by atoms with Crippen LogP contribution in [0.5, 0.6) is 0 Å². The molecule has 0 spiro atoms. The highest BCUT2D eigenvalue weighted by Crippen LogP contribution is 2.24. The first-order chi connectivity index (χ1) is 6.29. The third-order valence-corrected chi connectivity index (χ3v) is 3.50. The van der Waals surface area contributed by atoms with Crippen molar-refractivity contribution in [3.8, 4) is 0 Å². The first-order valence-corrected chi connectivity index (χ1v) is 5.37. The highest BCUT2D eigenvalue weighted by Gasteiger charge is 2.13. The van der Waals surface area contributed by atoms with Crippen molar-refractivity contribution in [2.75, 3.05) is 0 Å². The van der Waals surface area contributed by atoms with Gasteiger partial charge in [0.1, 0.15) is 0 Å². The number of rotatable bonds is 2. The molecule has 0 aliphatic carbocycles. The zero-order chi connectivity index (χ0) is 9.26. The van der Waals surface area contributed by atoms with Crippen LogP contribution in [-0.2, 0) is 0 Å². The van der Waals surface area contributed by atoms with Crippen molar-refractivity contribution in [3.63, 3.8) is 0 Å². The second-order valence-corrected chi connectivity index (χ2v) is 4.28. The minimum atomic E-state index is 0.0341. The van der Waals surface area contributed by atoms with Gasteiger partial charge in [0.15, 0.2) is 0 Å². The maximum atomic E-state index is 11.7. The van der Waals surface area contributed by atoms with Crippen molar-refractivity contribution in [2.45, 2.75) is 0 Å². The molecule has 0 fully saturated rings. The van der Waals surface area contributed by atoms with Gasteiger partial charge in [0, 0.05) is 10.7 Å². The number of carbonyl (C=O) groups is 1. The molecule has 13 heavy (non-hydrogen) atoms. The number of nitrogens with one attached hydrogen (secondary N) is 1. The standard InChI is InChI=1S/C9H6BrNOS/c10-6-3-5-13-9(6)8(12)7-2-1-4-11-7/h1-5,11H. The Morgan fingerprint density at radius 2 is 2.31 bits per heavy atom. The molecular weight excluding hydrogens is 250 g/mol. The van der Waals surface area contributed by atoms with E-state index >= 15 is 0 Å². The zero-order valence-electron chi connectivity index (χ0n) is 6.58. The Morgan fingerprint density at radius 3 is 2.85 bits per heavy atom. The van der Waals surface area contributed by atoms with E-state index in [0.29, 0.717) is 5.69 Å². The lowest BCUT2D eigenvalue weighted by Gasteiger charge is -1.94. The predicted octanol–water partition coefficient (Wildman–Crippen LogP) is 3.07. The molecular formula is C9H6BrNOS. The van der Waals surface area contributed by atoms with Gasteiger partial charge in [-0.25, -0.2) is 0 Å². The summed E-state index contributed by atoms with van der Waals surface area (Å²) in [5.41, 5.74) is 0.628. The molecule has 2 rings (SSSR count). The van der Waals surface area contributed by atoms with Gasteiger partial charge in [0.2, 0.25) is 5.78 Å². The lowest BCUT2D eigenvalue weighted by atomic mass is 10.2. The van der Waals surface area contributed by atoms with E-state index in [9.17, 15) is 4.79 Å². The fourth-order valence-corrected chi connectivity index (χ4v) is 2.56. The van der Waals surface area contributed by atoms with Crippen LogP contribution in [-0.4, -0.2) is 10.8 Å². The van der Waals surface area contributed by atoms with E-state index in [1.807, 2.05) is 17.5 Å². The van der Waals surface area contributed by atoms with E-state index in [1.54, 1.807) is 12.3 Å². The smallest absolute Gasteiger partial charge is 0.220 e. The maximum Gasteiger partial charge on any atom is 0.220 e. The monoisotopic (exact) mass is 255 g/mol. The van der Waals surface area contributed by atoms with Crippen molar-refractivity contribution >= 4 is 33.0 Å². The molecule has 0 saturated carbocycles. The van der Waals surface area contributed by atoms with Crippen LogP contribution in [0.25, 0.3) is 0 Å². The maximum absolute atomic E-state index is 11.7. The van der Waals surface area contributed by atoms with Gasteiger partial charge in [-0.05, 0) is 39.5 Å². The van der Waals surface area contributed by atoms with Crippen LogP contribution >= 0.6 is 27.3 Å². The Bertz CT molecular complexity index is 419. The van der Waals surface area contributed by atoms with Crippen LogP contribution < -0.4 is 0 Å². The summed E-state index contributed by atoms with van der Waals surface area (Å²) in [6.45, 7) is 0. The lowest BCUT2D eigenvalue weighted by Crippen LogP contribution is -1.98. The molecule has 4 heteroatoms. The summed E-state index contributed by atoms with van der Waals surface area (Å²) in [6, 6.07) is 5.46. The molecule has 0 unspecified atom stereocenters. The van der Waals surface area contributed by atoms with Crippen molar-refractivity contribution in [3.05, 3.63) is 44.8 Å². The van der Waals surface area contributed by atoms with E-state index in [2.05, 4.69) is 20.9 Å². The summed E-state index contributed by atoms with van der Waals surface area (Å²) < 4.78 is 0.858. The molecule has 2 aromatic heterocycles. The summed E-state index contributed by atoms with van der Waals surface area (Å²) in [5.74, 6) is 0.0341. The van der Waals surface area contributed by atoms with E-state index in [1.165, 1.54) is 11.3 Å². The van der Waals surface area contributed by atoms with Crippen molar-refractivity contribution in [2.24, 2.45) is 0 Å². The zero-order valence-corrected chi connectivity index (χ0v) is 8.98. The van der Waals surface area contributed by atoms with Gasteiger partial charge in [-0.15, -0.1) is 11.3 Å². The molecule has 0 amide bonds. The molecule has 0 aliphatic rings. The Morgan fingerprint density at radius 1 is 1.46 bits per heavy atom. The largest absolute Gasteiger partial charge is 0.358 e. The molecule has 0 aromatic carbocycles. The van der Waals surface area contributed by atoms with E-state index in [-0.39, 0.29) is 5.78 Å². The van der Waals surface area contributed by atoms with Crippen LogP contribution in [0, 0.1) is 0 Å². The molecule has 2 nitrogen and oxygen atoms in total. The van der Waals surface area contributed by atoms with Crippen LogP contribution in [0.15, 0.2) is 34.2 Å². The van der Waals surface area contributed by atoms with Gasteiger partial charge in [-0.3, -0.25) is 4.79 Å². The summed E-state index contributed by atoms with van der Waals surface area (Å²) in [5, 5.41) is 1.89. The molecule has 66 valence electrons. The average molecular weight is 256 g/mol. The SMILES string of the molecule is O=C(c1ccc[nH]1)c1sccc1Br. The normalized spacial score (nSPS) is 10.2. The lowest BCUT2D eigenvalue weighted by molar-refractivity contribution is 0.103. The third-order valence-electron chi connectivity index (χ3n) is 1.67. The quantitative estimate of drug-likeness (QED) is 0.823. The van der Waals surface area contributed by atoms with Crippen LogP contribution in [0.1, 0.15) is 15.4 Å².